The fraction of sp³-hybridized carbons (Fsp3) is 0.576. The molecule has 224 valence electrons. The number of ether oxygens (including phenoxy) is 1. The highest BCUT2D eigenvalue weighted by Gasteiger charge is 2.39. The number of hydrogen-bond donors (Lipinski definition) is 1. The van der Waals surface area contributed by atoms with Gasteiger partial charge < -0.3 is 14.4 Å². The molecule has 0 amide bonds. The van der Waals surface area contributed by atoms with Gasteiger partial charge in [-0.15, -0.1) is 0 Å². The van der Waals surface area contributed by atoms with Crippen LogP contribution in [-0.4, -0.2) is 49.3 Å². The van der Waals surface area contributed by atoms with Crippen LogP contribution in [0.5, 0.6) is 5.75 Å². The third kappa shape index (κ3) is 8.20. The van der Waals surface area contributed by atoms with Crippen LogP contribution in [-0.2, 0) is 22.2 Å². The molecule has 41 heavy (non-hydrogen) atoms. The summed E-state index contributed by atoms with van der Waals surface area (Å²) in [6.45, 7) is 6.49. The maximum Gasteiger partial charge on any atom is 0.150 e. The Kier molecular flexibility index (Phi) is 11.8. The molecule has 6 nitrogen and oxygen atoms in total. The van der Waals surface area contributed by atoms with Crippen LogP contribution in [0.1, 0.15) is 79.8 Å². The number of hydrogen-bond acceptors (Lipinski definition) is 5. The lowest BCUT2D eigenvalue weighted by Crippen LogP contribution is -2.43. The largest absolute Gasteiger partial charge is 0.491 e. The lowest BCUT2D eigenvalue weighted by molar-refractivity contribution is -0.115. The van der Waals surface area contributed by atoms with E-state index in [0.29, 0.717) is 35.7 Å². The molecule has 0 saturated heterocycles. The minimum absolute atomic E-state index is 0.0444. The van der Waals surface area contributed by atoms with Gasteiger partial charge in [0.05, 0.1) is 23.3 Å². The molecular formula is C33H45ClN2O4S. The molecular weight excluding hydrogens is 556 g/mol. The maximum absolute atomic E-state index is 12.2. The first kappa shape index (κ1) is 31.7. The van der Waals surface area contributed by atoms with Crippen molar-refractivity contribution >= 4 is 40.8 Å². The summed E-state index contributed by atoms with van der Waals surface area (Å²) in [7, 11) is 0.731. The monoisotopic (exact) mass is 600 g/mol. The smallest absolute Gasteiger partial charge is 0.150 e. The highest BCUT2D eigenvalue weighted by atomic mass is 35.5. The topological polar surface area (TPSA) is 75.7 Å². The van der Waals surface area contributed by atoms with Crippen LogP contribution < -0.4 is 14.4 Å². The molecule has 2 aliphatic rings. The zero-order chi connectivity index (χ0) is 29.4. The first-order chi connectivity index (χ1) is 19.9. The lowest BCUT2D eigenvalue weighted by atomic mass is 9.66. The molecule has 2 aromatic carbocycles. The Labute approximate surface area is 253 Å². The number of fused-ring (bicyclic) bond motifs is 1. The summed E-state index contributed by atoms with van der Waals surface area (Å²) in [6.07, 6.45) is 9.05. The molecule has 8 heteroatoms. The van der Waals surface area contributed by atoms with Crippen molar-refractivity contribution in [1.29, 1.82) is 0 Å². The minimum Gasteiger partial charge on any atom is -0.491 e. The normalized spacial score (nSPS) is 22.4. The number of carbonyl (C=O) groups is 2. The van der Waals surface area contributed by atoms with E-state index in [1.165, 1.54) is 17.4 Å². The number of benzene rings is 2. The molecule has 0 aromatic heterocycles. The van der Waals surface area contributed by atoms with Gasteiger partial charge in [-0.1, -0.05) is 44.4 Å². The molecule has 1 heterocycles. The zero-order valence-electron chi connectivity index (χ0n) is 24.7. The van der Waals surface area contributed by atoms with Crippen molar-refractivity contribution in [2.75, 3.05) is 37.4 Å². The van der Waals surface area contributed by atoms with Crippen molar-refractivity contribution in [3.05, 3.63) is 58.1 Å². The summed E-state index contributed by atoms with van der Waals surface area (Å²) in [4.78, 5) is 26.3. The van der Waals surface area contributed by atoms with E-state index in [-0.39, 0.29) is 11.8 Å². The molecule has 0 radical (unpaired) electrons. The Bertz CT molecular complexity index is 1210. The van der Waals surface area contributed by atoms with Crippen molar-refractivity contribution < 1.29 is 18.5 Å². The molecule has 1 N–H and O–H groups in total. The molecule has 0 bridgehead atoms. The number of aryl methyl sites for hydroxylation is 1. The fourth-order valence-corrected chi connectivity index (χ4v) is 7.63. The van der Waals surface area contributed by atoms with Crippen LogP contribution in [0.3, 0.4) is 0 Å². The average molecular weight is 601 g/mol. The fourth-order valence-electron chi connectivity index (χ4n) is 6.58. The van der Waals surface area contributed by atoms with Crippen molar-refractivity contribution in [2.24, 2.45) is 23.7 Å². The summed E-state index contributed by atoms with van der Waals surface area (Å²) in [6, 6.07) is 11.9. The number of aldehydes is 2. The molecule has 1 aliphatic carbocycles. The Balaban J connectivity index is 1.50. The third-order valence-corrected chi connectivity index (χ3v) is 10.5. The van der Waals surface area contributed by atoms with Crippen LogP contribution in [0.15, 0.2) is 36.4 Å². The van der Waals surface area contributed by atoms with Gasteiger partial charge in [0.2, 0.25) is 0 Å². The summed E-state index contributed by atoms with van der Waals surface area (Å²) in [5.74, 6) is 2.78. The van der Waals surface area contributed by atoms with E-state index >= 15 is 0 Å². The van der Waals surface area contributed by atoms with Gasteiger partial charge in [0.15, 0.2) is 0 Å². The van der Waals surface area contributed by atoms with Gasteiger partial charge in [-0.05, 0) is 98.4 Å². The van der Waals surface area contributed by atoms with Crippen molar-refractivity contribution in [3.8, 4) is 5.75 Å². The number of carbonyl (C=O) groups excluding carboxylic acids is 2. The van der Waals surface area contributed by atoms with Crippen LogP contribution in [0.4, 0.5) is 5.69 Å². The second-order valence-electron chi connectivity index (χ2n) is 11.9. The van der Waals surface area contributed by atoms with Crippen LogP contribution in [0.2, 0.25) is 5.02 Å². The minimum atomic E-state index is -0.989. The lowest BCUT2D eigenvalue weighted by Gasteiger charge is -2.43. The van der Waals surface area contributed by atoms with E-state index in [9.17, 15) is 13.8 Å². The number of rotatable bonds is 15. The zero-order valence-corrected chi connectivity index (χ0v) is 26.2. The van der Waals surface area contributed by atoms with Gasteiger partial charge in [-0.3, -0.25) is 4.79 Å². The van der Waals surface area contributed by atoms with Crippen LogP contribution in [0, 0.1) is 23.7 Å². The van der Waals surface area contributed by atoms with Gasteiger partial charge in [0, 0.05) is 41.3 Å². The predicted octanol–water partition coefficient (Wildman–Crippen LogP) is 6.62. The quantitative estimate of drug-likeness (QED) is 0.233. The summed E-state index contributed by atoms with van der Waals surface area (Å²) >= 11 is 6.38. The second kappa shape index (κ2) is 15.3. The Morgan fingerprint density at radius 3 is 2.68 bits per heavy atom. The molecule has 4 rings (SSSR count). The van der Waals surface area contributed by atoms with Crippen LogP contribution in [0.25, 0.3) is 0 Å². The van der Waals surface area contributed by atoms with Crippen molar-refractivity contribution in [2.45, 2.75) is 64.7 Å². The van der Waals surface area contributed by atoms with Gasteiger partial charge in [-0.25, -0.2) is 8.93 Å². The van der Waals surface area contributed by atoms with E-state index in [2.05, 4.69) is 35.6 Å². The molecule has 1 aliphatic heterocycles. The van der Waals surface area contributed by atoms with Gasteiger partial charge in [0.25, 0.3) is 0 Å². The molecule has 6 unspecified atom stereocenters. The molecule has 1 fully saturated rings. The van der Waals surface area contributed by atoms with E-state index in [1.807, 2.05) is 24.3 Å². The number of halogens is 1. The van der Waals surface area contributed by atoms with Gasteiger partial charge in [-0.2, -0.15) is 0 Å². The van der Waals surface area contributed by atoms with Crippen LogP contribution >= 0.6 is 11.6 Å². The average Bonchev–Trinajstić information content (AvgIpc) is 3.13. The highest BCUT2D eigenvalue weighted by molar-refractivity contribution is 7.82. The standard InChI is InChI=1S/C33H45ClN2O4S/c1-4-6-25-16-29(34)11-13-30(25)28-18-36(32-15-24(19-37)9-14-33(32)40-21-28)17-26-10-12-31(26)27(20-38)8-5-7-23(2)22-41(39)35-3/h9,11,13-16,19-20,23,26-28,31,35H,4-8,10,12,17-18,21-22H2,1-3H3. The molecule has 1 saturated carbocycles. The number of anilines is 1. The number of nitrogens with zero attached hydrogens (tertiary/aromatic N) is 1. The second-order valence-corrected chi connectivity index (χ2v) is 13.8. The van der Waals surface area contributed by atoms with Gasteiger partial charge in [0.1, 0.15) is 18.3 Å². The Hall–Kier alpha value is -2.22. The predicted molar refractivity (Wildman–Crippen MR) is 169 cm³/mol. The van der Waals surface area contributed by atoms with Crippen molar-refractivity contribution in [3.63, 3.8) is 0 Å². The summed E-state index contributed by atoms with van der Waals surface area (Å²) < 4.78 is 21.0. The van der Waals surface area contributed by atoms with E-state index in [0.717, 1.165) is 80.8 Å². The summed E-state index contributed by atoms with van der Waals surface area (Å²) in [5, 5.41) is 0.754. The number of nitrogens with one attached hydrogen (secondary N) is 1. The third-order valence-electron chi connectivity index (χ3n) is 8.96. The highest BCUT2D eigenvalue weighted by Crippen LogP contribution is 2.44. The molecule has 0 spiro atoms. The Morgan fingerprint density at radius 2 is 2.00 bits per heavy atom. The van der Waals surface area contributed by atoms with E-state index < -0.39 is 11.0 Å². The van der Waals surface area contributed by atoms with E-state index in [1.54, 1.807) is 7.05 Å². The summed E-state index contributed by atoms with van der Waals surface area (Å²) in [5.41, 5.74) is 4.14. The maximum atomic E-state index is 12.2. The van der Waals surface area contributed by atoms with Gasteiger partial charge >= 0.3 is 0 Å². The van der Waals surface area contributed by atoms with E-state index in [4.69, 9.17) is 16.3 Å². The van der Waals surface area contributed by atoms with Crippen molar-refractivity contribution in [1.82, 2.24) is 4.72 Å². The Morgan fingerprint density at radius 1 is 1.17 bits per heavy atom. The molecule has 2 aromatic rings. The SMILES string of the molecule is CCCc1cc(Cl)ccc1C1COc2ccc(C=O)cc2N(CC2CCC2C(C=O)CCCC(C)CS(=O)NC)C1. The molecule has 6 atom stereocenters. The first-order valence-electron chi connectivity index (χ1n) is 15.1. The first-order valence-corrected chi connectivity index (χ1v) is 16.8.